The van der Waals surface area contributed by atoms with Gasteiger partial charge in [-0.3, -0.25) is 4.68 Å². The number of aromatic nitrogens is 4. The molecule has 136 valence electrons. The molecule has 0 bridgehead atoms. The summed E-state index contributed by atoms with van der Waals surface area (Å²) in [4.78, 5) is 20.5. The highest BCUT2D eigenvalue weighted by molar-refractivity contribution is 6.29. The van der Waals surface area contributed by atoms with E-state index in [1.54, 1.807) is 23.1 Å². The molecule has 0 aliphatic carbocycles. The fourth-order valence-electron chi connectivity index (χ4n) is 2.26. The standard InChI is InChI=1S/C17H24ClN5O2/c1-11-19-8-12(9-20-11)13-7-14(18)22-23(13)10-17(5,6)21-15(24)25-16(2,3)4/h7-9H,10H2,1-6H3,(H,21,24). The number of ether oxygens (including phenoxy) is 1. The van der Waals surface area contributed by atoms with E-state index in [4.69, 9.17) is 16.3 Å². The molecule has 1 N–H and O–H groups in total. The predicted octanol–water partition coefficient (Wildman–Crippen LogP) is 3.61. The van der Waals surface area contributed by atoms with E-state index in [-0.39, 0.29) is 0 Å². The number of carbonyl (C=O) groups is 1. The average Bonchev–Trinajstić information content (AvgIpc) is 2.76. The van der Waals surface area contributed by atoms with Gasteiger partial charge in [0.1, 0.15) is 11.4 Å². The van der Waals surface area contributed by atoms with Gasteiger partial charge in [-0.25, -0.2) is 14.8 Å². The molecule has 7 nitrogen and oxygen atoms in total. The van der Waals surface area contributed by atoms with Gasteiger partial charge in [0, 0.05) is 24.0 Å². The number of carbonyl (C=O) groups excluding carboxylic acids is 1. The highest BCUT2D eigenvalue weighted by atomic mass is 35.5. The molecule has 0 fully saturated rings. The minimum atomic E-state index is -0.599. The van der Waals surface area contributed by atoms with Gasteiger partial charge < -0.3 is 10.1 Å². The maximum atomic E-state index is 12.1. The van der Waals surface area contributed by atoms with E-state index >= 15 is 0 Å². The van der Waals surface area contributed by atoms with Gasteiger partial charge in [0.2, 0.25) is 0 Å². The molecule has 0 aliphatic rings. The lowest BCUT2D eigenvalue weighted by Gasteiger charge is -2.29. The first-order valence-corrected chi connectivity index (χ1v) is 8.36. The van der Waals surface area contributed by atoms with Crippen LogP contribution in [0.15, 0.2) is 18.5 Å². The highest BCUT2D eigenvalue weighted by Crippen LogP contribution is 2.23. The summed E-state index contributed by atoms with van der Waals surface area (Å²) in [5.74, 6) is 0.688. The molecule has 0 saturated heterocycles. The van der Waals surface area contributed by atoms with E-state index < -0.39 is 17.2 Å². The number of hydrogen-bond acceptors (Lipinski definition) is 5. The summed E-state index contributed by atoms with van der Waals surface area (Å²) in [6.07, 6.45) is 2.97. The number of aryl methyl sites for hydroxylation is 1. The van der Waals surface area contributed by atoms with Crippen molar-refractivity contribution >= 4 is 17.7 Å². The zero-order valence-electron chi connectivity index (χ0n) is 15.4. The van der Waals surface area contributed by atoms with E-state index in [1.807, 2.05) is 41.5 Å². The molecule has 0 spiro atoms. The van der Waals surface area contributed by atoms with E-state index in [1.165, 1.54) is 0 Å². The summed E-state index contributed by atoms with van der Waals surface area (Å²) in [5, 5.41) is 7.54. The number of amides is 1. The molecule has 0 saturated carbocycles. The summed E-state index contributed by atoms with van der Waals surface area (Å²) in [6.45, 7) is 11.5. The van der Waals surface area contributed by atoms with Crippen molar-refractivity contribution in [1.82, 2.24) is 25.1 Å². The molecular formula is C17H24ClN5O2. The maximum absolute atomic E-state index is 12.1. The highest BCUT2D eigenvalue weighted by Gasteiger charge is 2.26. The first-order chi connectivity index (χ1) is 11.5. The third kappa shape index (κ3) is 5.70. The Labute approximate surface area is 152 Å². The van der Waals surface area contributed by atoms with Crippen LogP contribution in [-0.2, 0) is 11.3 Å². The monoisotopic (exact) mass is 365 g/mol. The Morgan fingerprint density at radius 1 is 1.24 bits per heavy atom. The summed E-state index contributed by atoms with van der Waals surface area (Å²) in [6, 6.07) is 1.75. The Kier molecular flexibility index (Phi) is 5.37. The van der Waals surface area contributed by atoms with Gasteiger partial charge in [-0.15, -0.1) is 0 Å². The second-order valence-corrected chi connectivity index (χ2v) is 7.93. The van der Waals surface area contributed by atoms with Crippen LogP contribution in [-0.4, -0.2) is 37.0 Å². The van der Waals surface area contributed by atoms with Gasteiger partial charge in [-0.05, 0) is 41.5 Å². The number of rotatable bonds is 4. The second kappa shape index (κ2) is 7.00. The number of nitrogens with zero attached hydrogens (tertiary/aromatic N) is 4. The largest absolute Gasteiger partial charge is 0.444 e. The lowest BCUT2D eigenvalue weighted by atomic mass is 10.1. The first-order valence-electron chi connectivity index (χ1n) is 7.99. The Bertz CT molecular complexity index is 747. The Morgan fingerprint density at radius 3 is 2.40 bits per heavy atom. The van der Waals surface area contributed by atoms with E-state index in [0.29, 0.717) is 17.5 Å². The smallest absolute Gasteiger partial charge is 0.408 e. The van der Waals surface area contributed by atoms with Crippen LogP contribution >= 0.6 is 11.6 Å². The Hall–Kier alpha value is -2.15. The van der Waals surface area contributed by atoms with E-state index in [0.717, 1.165) is 11.3 Å². The fraction of sp³-hybridized carbons (Fsp3) is 0.529. The Morgan fingerprint density at radius 2 is 1.84 bits per heavy atom. The normalized spacial score (nSPS) is 12.1. The first kappa shape index (κ1) is 19.2. The number of nitrogens with one attached hydrogen (secondary N) is 1. The van der Waals surface area contributed by atoms with Crippen LogP contribution in [0.25, 0.3) is 11.3 Å². The van der Waals surface area contributed by atoms with Crippen LogP contribution in [0.4, 0.5) is 4.79 Å². The van der Waals surface area contributed by atoms with Crippen LogP contribution in [0.3, 0.4) is 0 Å². The lowest BCUT2D eigenvalue weighted by molar-refractivity contribution is 0.0462. The van der Waals surface area contributed by atoms with Crippen molar-refractivity contribution in [3.63, 3.8) is 0 Å². The SMILES string of the molecule is Cc1ncc(-c2cc(Cl)nn2CC(C)(C)NC(=O)OC(C)(C)C)cn1. The summed E-state index contributed by atoms with van der Waals surface area (Å²) < 4.78 is 7.05. The van der Waals surface area contributed by atoms with Crippen LogP contribution in [0.2, 0.25) is 5.15 Å². The second-order valence-electron chi connectivity index (χ2n) is 7.54. The van der Waals surface area contributed by atoms with Crippen LogP contribution in [0.1, 0.15) is 40.4 Å². The van der Waals surface area contributed by atoms with Crippen LogP contribution in [0.5, 0.6) is 0 Å². The van der Waals surface area contributed by atoms with Crippen molar-refractivity contribution < 1.29 is 9.53 Å². The van der Waals surface area contributed by atoms with Crippen molar-refractivity contribution in [2.75, 3.05) is 0 Å². The molecule has 2 rings (SSSR count). The zero-order chi connectivity index (χ0) is 18.8. The van der Waals surface area contributed by atoms with Gasteiger partial charge in [0.25, 0.3) is 0 Å². The zero-order valence-corrected chi connectivity index (χ0v) is 16.2. The quantitative estimate of drug-likeness (QED) is 0.895. The Balaban J connectivity index is 2.19. The number of alkyl carbamates (subject to hydrolysis) is 1. The van der Waals surface area contributed by atoms with Crippen LogP contribution < -0.4 is 5.32 Å². The van der Waals surface area contributed by atoms with Gasteiger partial charge in [0.05, 0.1) is 17.8 Å². The maximum Gasteiger partial charge on any atom is 0.408 e. The minimum absolute atomic E-state index is 0.364. The number of halogens is 1. The molecule has 0 atom stereocenters. The van der Waals surface area contributed by atoms with E-state index in [2.05, 4.69) is 20.4 Å². The van der Waals surface area contributed by atoms with Crippen molar-refractivity contribution in [2.45, 2.75) is 59.2 Å². The molecule has 1 amide bonds. The molecule has 2 heterocycles. The summed E-state index contributed by atoms with van der Waals surface area (Å²) >= 11 is 6.08. The van der Waals surface area contributed by atoms with Crippen molar-refractivity contribution in [3.8, 4) is 11.3 Å². The predicted molar refractivity (Wildman–Crippen MR) is 96.4 cm³/mol. The average molecular weight is 366 g/mol. The summed E-state index contributed by atoms with van der Waals surface area (Å²) in [7, 11) is 0. The summed E-state index contributed by atoms with van der Waals surface area (Å²) in [5.41, 5.74) is 0.430. The van der Waals surface area contributed by atoms with Gasteiger partial charge in [-0.1, -0.05) is 11.6 Å². The van der Waals surface area contributed by atoms with Crippen molar-refractivity contribution in [3.05, 3.63) is 29.4 Å². The van der Waals surface area contributed by atoms with E-state index in [9.17, 15) is 4.79 Å². The van der Waals surface area contributed by atoms with Gasteiger partial charge in [0.15, 0.2) is 5.15 Å². The van der Waals surface area contributed by atoms with Crippen LogP contribution in [0, 0.1) is 6.92 Å². The molecule has 2 aromatic rings. The molecule has 0 radical (unpaired) electrons. The molecule has 0 unspecified atom stereocenters. The van der Waals surface area contributed by atoms with Gasteiger partial charge >= 0.3 is 6.09 Å². The molecular weight excluding hydrogens is 342 g/mol. The lowest BCUT2D eigenvalue weighted by Crippen LogP contribution is -2.48. The molecule has 0 aliphatic heterocycles. The molecule has 2 aromatic heterocycles. The van der Waals surface area contributed by atoms with Crippen molar-refractivity contribution in [2.24, 2.45) is 0 Å². The topological polar surface area (TPSA) is 81.9 Å². The molecule has 8 heteroatoms. The fourth-order valence-corrected chi connectivity index (χ4v) is 2.45. The van der Waals surface area contributed by atoms with Gasteiger partial charge in [-0.2, -0.15) is 5.10 Å². The third-order valence-corrected chi connectivity index (χ3v) is 3.40. The molecule has 0 aromatic carbocycles. The van der Waals surface area contributed by atoms with Crippen molar-refractivity contribution in [1.29, 1.82) is 0 Å². The number of hydrogen-bond donors (Lipinski definition) is 1. The minimum Gasteiger partial charge on any atom is -0.444 e. The third-order valence-electron chi connectivity index (χ3n) is 3.21. The molecule has 25 heavy (non-hydrogen) atoms.